The number of nitrogens with one attached hydrogen (secondary N) is 1. The van der Waals surface area contributed by atoms with Crippen LogP contribution in [0.25, 0.3) is 0 Å². The molecule has 17 heavy (non-hydrogen) atoms. The van der Waals surface area contributed by atoms with Crippen LogP contribution in [-0.4, -0.2) is 17.0 Å². The van der Waals surface area contributed by atoms with E-state index in [4.69, 9.17) is 5.73 Å². The Hall–Kier alpha value is -1.45. The van der Waals surface area contributed by atoms with Crippen LogP contribution < -0.4 is 11.1 Å². The monoisotopic (exact) mass is 235 g/mol. The summed E-state index contributed by atoms with van der Waals surface area (Å²) in [6.07, 6.45) is 5.18. The first-order valence-electron chi connectivity index (χ1n) is 6.33. The topological polar surface area (TPSA) is 60.1 Å². The minimum absolute atomic E-state index is 0.00532. The van der Waals surface area contributed by atoms with Crippen molar-refractivity contribution in [2.45, 2.75) is 39.2 Å². The second-order valence-corrected chi connectivity index (χ2v) is 5.24. The standard InChI is InChI=1S/C13H21N3O/c1-9(2)5-6-15-13(17)12-7-10(14)8-16(12)11-3-4-11/h7-9,11H,3-6,14H2,1-2H3,(H,15,17). The van der Waals surface area contributed by atoms with Crippen LogP contribution in [0.4, 0.5) is 5.69 Å². The fourth-order valence-corrected chi connectivity index (χ4v) is 1.90. The van der Waals surface area contributed by atoms with Crippen molar-refractivity contribution in [2.75, 3.05) is 12.3 Å². The number of aromatic nitrogens is 1. The Balaban J connectivity index is 1.98. The van der Waals surface area contributed by atoms with E-state index >= 15 is 0 Å². The van der Waals surface area contributed by atoms with Crippen LogP contribution in [0.3, 0.4) is 0 Å². The molecule has 0 unspecified atom stereocenters. The second kappa shape index (κ2) is 4.82. The number of nitrogens with two attached hydrogens (primary N) is 1. The molecule has 94 valence electrons. The predicted octanol–water partition coefficient (Wildman–Crippen LogP) is 2.18. The molecule has 0 atom stereocenters. The number of rotatable bonds is 5. The first-order chi connectivity index (χ1) is 8.08. The lowest BCUT2D eigenvalue weighted by Crippen LogP contribution is -2.27. The molecule has 3 N–H and O–H groups in total. The van der Waals surface area contributed by atoms with E-state index in [9.17, 15) is 4.79 Å². The Labute approximate surface area is 102 Å². The average Bonchev–Trinajstić information content (AvgIpc) is 3.01. The Bertz CT molecular complexity index is 405. The molecular weight excluding hydrogens is 214 g/mol. The van der Waals surface area contributed by atoms with Crippen molar-refractivity contribution in [3.63, 3.8) is 0 Å². The lowest BCUT2D eigenvalue weighted by atomic mass is 10.1. The highest BCUT2D eigenvalue weighted by Gasteiger charge is 2.27. The van der Waals surface area contributed by atoms with Gasteiger partial charge in [-0.05, 0) is 31.2 Å². The molecule has 1 aliphatic carbocycles. The van der Waals surface area contributed by atoms with Gasteiger partial charge in [0.2, 0.25) is 0 Å². The third kappa shape index (κ3) is 3.02. The SMILES string of the molecule is CC(C)CCNC(=O)c1cc(N)cn1C1CC1. The van der Waals surface area contributed by atoms with Crippen LogP contribution in [-0.2, 0) is 0 Å². The van der Waals surface area contributed by atoms with Gasteiger partial charge in [0.25, 0.3) is 5.91 Å². The van der Waals surface area contributed by atoms with Crippen molar-refractivity contribution in [3.05, 3.63) is 18.0 Å². The molecular formula is C13H21N3O. The number of hydrogen-bond donors (Lipinski definition) is 2. The zero-order valence-electron chi connectivity index (χ0n) is 10.6. The summed E-state index contributed by atoms with van der Waals surface area (Å²) in [7, 11) is 0. The molecule has 0 saturated heterocycles. The largest absolute Gasteiger partial charge is 0.397 e. The maximum absolute atomic E-state index is 12.0. The molecule has 1 heterocycles. The molecule has 0 spiro atoms. The average molecular weight is 235 g/mol. The van der Waals surface area contributed by atoms with E-state index in [2.05, 4.69) is 19.2 Å². The molecule has 4 heteroatoms. The summed E-state index contributed by atoms with van der Waals surface area (Å²) in [6.45, 7) is 5.03. The third-order valence-electron chi connectivity index (χ3n) is 3.05. The zero-order valence-corrected chi connectivity index (χ0v) is 10.6. The number of carbonyl (C=O) groups is 1. The second-order valence-electron chi connectivity index (χ2n) is 5.24. The molecule has 4 nitrogen and oxygen atoms in total. The first kappa shape index (κ1) is 12.0. The van der Waals surface area contributed by atoms with Gasteiger partial charge in [0, 0.05) is 18.8 Å². The quantitative estimate of drug-likeness (QED) is 0.821. The van der Waals surface area contributed by atoms with E-state index in [1.807, 2.05) is 10.8 Å². The van der Waals surface area contributed by atoms with Gasteiger partial charge in [-0.25, -0.2) is 0 Å². The summed E-state index contributed by atoms with van der Waals surface area (Å²) in [4.78, 5) is 12.0. The molecule has 1 aliphatic rings. The maximum atomic E-state index is 12.0. The van der Waals surface area contributed by atoms with Gasteiger partial charge in [0.05, 0.1) is 5.69 Å². The van der Waals surface area contributed by atoms with E-state index in [0.29, 0.717) is 23.3 Å². The van der Waals surface area contributed by atoms with Crippen molar-refractivity contribution < 1.29 is 4.79 Å². The summed E-state index contributed by atoms with van der Waals surface area (Å²) in [5.41, 5.74) is 7.13. The lowest BCUT2D eigenvalue weighted by molar-refractivity contribution is 0.0942. The van der Waals surface area contributed by atoms with E-state index in [1.165, 1.54) is 0 Å². The molecule has 1 aromatic rings. The number of carbonyl (C=O) groups excluding carboxylic acids is 1. The van der Waals surface area contributed by atoms with Gasteiger partial charge in [-0.1, -0.05) is 13.8 Å². The molecule has 1 amide bonds. The van der Waals surface area contributed by atoms with Crippen LogP contribution >= 0.6 is 0 Å². The van der Waals surface area contributed by atoms with Crippen LogP contribution in [0.2, 0.25) is 0 Å². The molecule has 0 aromatic carbocycles. The highest BCUT2D eigenvalue weighted by molar-refractivity contribution is 5.93. The van der Waals surface area contributed by atoms with Crippen LogP contribution in [0.1, 0.15) is 49.6 Å². The Morgan fingerprint density at radius 2 is 2.29 bits per heavy atom. The van der Waals surface area contributed by atoms with Crippen molar-refractivity contribution in [1.29, 1.82) is 0 Å². The Kier molecular flexibility index (Phi) is 3.41. The third-order valence-corrected chi connectivity index (χ3v) is 3.05. The lowest BCUT2D eigenvalue weighted by Gasteiger charge is -2.09. The summed E-state index contributed by atoms with van der Waals surface area (Å²) in [6, 6.07) is 2.25. The smallest absolute Gasteiger partial charge is 0.267 e. The van der Waals surface area contributed by atoms with Crippen molar-refractivity contribution in [2.24, 2.45) is 5.92 Å². The first-order valence-corrected chi connectivity index (χ1v) is 6.33. The normalized spacial score (nSPS) is 15.2. The van der Waals surface area contributed by atoms with E-state index in [0.717, 1.165) is 25.8 Å². The van der Waals surface area contributed by atoms with Crippen LogP contribution in [0.5, 0.6) is 0 Å². The van der Waals surface area contributed by atoms with Crippen molar-refractivity contribution >= 4 is 11.6 Å². The molecule has 0 bridgehead atoms. The number of amides is 1. The summed E-state index contributed by atoms with van der Waals surface area (Å²) >= 11 is 0. The number of nitrogens with zero attached hydrogens (tertiary/aromatic N) is 1. The zero-order chi connectivity index (χ0) is 12.4. The van der Waals surface area contributed by atoms with Gasteiger partial charge in [-0.15, -0.1) is 0 Å². The van der Waals surface area contributed by atoms with E-state index in [-0.39, 0.29) is 5.91 Å². The number of nitrogen functional groups attached to an aromatic ring is 1. The summed E-state index contributed by atoms with van der Waals surface area (Å²) in [5, 5.41) is 2.95. The number of hydrogen-bond acceptors (Lipinski definition) is 2. The summed E-state index contributed by atoms with van der Waals surface area (Å²) in [5.74, 6) is 0.602. The van der Waals surface area contributed by atoms with Gasteiger partial charge < -0.3 is 15.6 Å². The van der Waals surface area contributed by atoms with E-state index in [1.54, 1.807) is 6.07 Å². The number of anilines is 1. The van der Waals surface area contributed by atoms with Gasteiger partial charge in [-0.3, -0.25) is 4.79 Å². The van der Waals surface area contributed by atoms with E-state index < -0.39 is 0 Å². The predicted molar refractivity (Wildman–Crippen MR) is 68.9 cm³/mol. The van der Waals surface area contributed by atoms with Gasteiger partial charge in [-0.2, -0.15) is 0 Å². The fraction of sp³-hybridized carbons (Fsp3) is 0.615. The highest BCUT2D eigenvalue weighted by Crippen LogP contribution is 2.37. The minimum atomic E-state index is -0.00532. The molecule has 0 aliphatic heterocycles. The van der Waals surface area contributed by atoms with Crippen molar-refractivity contribution in [1.82, 2.24) is 9.88 Å². The highest BCUT2D eigenvalue weighted by atomic mass is 16.1. The van der Waals surface area contributed by atoms with Crippen LogP contribution in [0.15, 0.2) is 12.3 Å². The summed E-state index contributed by atoms with van der Waals surface area (Å²) < 4.78 is 2.01. The van der Waals surface area contributed by atoms with Crippen LogP contribution in [0, 0.1) is 5.92 Å². The minimum Gasteiger partial charge on any atom is -0.397 e. The van der Waals surface area contributed by atoms with Gasteiger partial charge in [0.15, 0.2) is 0 Å². The fourth-order valence-electron chi connectivity index (χ4n) is 1.90. The molecule has 2 rings (SSSR count). The van der Waals surface area contributed by atoms with Gasteiger partial charge >= 0.3 is 0 Å². The molecule has 1 aromatic heterocycles. The van der Waals surface area contributed by atoms with Gasteiger partial charge in [0.1, 0.15) is 5.69 Å². The Morgan fingerprint density at radius 3 is 2.88 bits per heavy atom. The molecule has 1 fully saturated rings. The molecule has 1 saturated carbocycles. The Morgan fingerprint density at radius 1 is 1.59 bits per heavy atom. The molecule has 0 radical (unpaired) electrons. The van der Waals surface area contributed by atoms with Crippen molar-refractivity contribution in [3.8, 4) is 0 Å². The maximum Gasteiger partial charge on any atom is 0.267 e.